The molecule has 42 heavy (non-hydrogen) atoms. The first-order valence-corrected chi connectivity index (χ1v) is 13.6. The summed E-state index contributed by atoms with van der Waals surface area (Å²) in [5, 5.41) is 19.4. The van der Waals surface area contributed by atoms with Crippen molar-refractivity contribution < 1.29 is 24.0 Å². The molecule has 0 saturated carbocycles. The van der Waals surface area contributed by atoms with Crippen LogP contribution in [0.2, 0.25) is 0 Å². The molecule has 3 aromatic carbocycles. The van der Waals surface area contributed by atoms with E-state index in [0.717, 1.165) is 22.6 Å². The monoisotopic (exact) mass is 673 g/mol. The molecular weight excluding hydrogens is 646 g/mol. The van der Waals surface area contributed by atoms with Crippen LogP contribution in [0.25, 0.3) is 11.3 Å². The number of hydrogen-bond acceptors (Lipinski definition) is 10. The SMILES string of the molecule is Br.CCOC(=O)c1ccc(NC(N)=S)cc1.CCOC(=O)c1ccc(Nc2nc(-c3ccc([N+](=O)[O-])cc3)cs2)cc1. The van der Waals surface area contributed by atoms with Crippen LogP contribution in [0.3, 0.4) is 0 Å². The van der Waals surface area contributed by atoms with Crippen LogP contribution in [-0.4, -0.2) is 40.2 Å². The molecule has 0 aliphatic carbocycles. The summed E-state index contributed by atoms with van der Waals surface area (Å²) in [5.41, 5.74) is 9.41. The Morgan fingerprint density at radius 2 is 1.40 bits per heavy atom. The van der Waals surface area contributed by atoms with Gasteiger partial charge in [0, 0.05) is 34.5 Å². The molecule has 0 spiro atoms. The van der Waals surface area contributed by atoms with Crippen LogP contribution < -0.4 is 16.4 Å². The molecule has 0 atom stereocenters. The second-order valence-corrected chi connectivity index (χ2v) is 9.35. The Labute approximate surface area is 262 Å². The van der Waals surface area contributed by atoms with E-state index in [1.54, 1.807) is 74.5 Å². The maximum Gasteiger partial charge on any atom is 0.338 e. The predicted octanol–water partition coefficient (Wildman–Crippen LogP) is 6.74. The first-order valence-electron chi connectivity index (χ1n) is 12.3. The molecule has 0 bridgehead atoms. The number of hydrogen-bond donors (Lipinski definition) is 3. The van der Waals surface area contributed by atoms with Crippen molar-refractivity contribution >= 4 is 79.8 Å². The number of ether oxygens (including phenoxy) is 2. The number of carbonyl (C=O) groups is 2. The average molecular weight is 675 g/mol. The molecule has 11 nitrogen and oxygen atoms in total. The number of nitro groups is 1. The van der Waals surface area contributed by atoms with Gasteiger partial charge in [0.05, 0.1) is 35.0 Å². The van der Waals surface area contributed by atoms with Gasteiger partial charge >= 0.3 is 11.9 Å². The standard InChI is InChI=1S/C18H15N3O4S.C10H12N2O2S.BrH/c1-2-25-17(22)13-3-7-14(8-4-13)19-18-20-16(11-26-18)12-5-9-15(10-6-12)21(23)24;1-2-14-9(13)7-3-5-8(6-4-7)12-10(11)15;/h3-11H,2H2,1H3,(H,19,20);3-6H,2H2,1H3,(H3,11,12,15);1H. The van der Waals surface area contributed by atoms with Crippen molar-refractivity contribution in [3.63, 3.8) is 0 Å². The van der Waals surface area contributed by atoms with E-state index >= 15 is 0 Å². The molecule has 0 fully saturated rings. The lowest BCUT2D eigenvalue weighted by atomic mass is 10.1. The third-order valence-corrected chi connectivity index (χ3v) is 6.05. The quantitative estimate of drug-likeness (QED) is 0.0748. The number of thiocarbonyl (C=S) groups is 1. The number of nitrogens with zero attached hydrogens (tertiary/aromatic N) is 2. The number of thiazole rings is 1. The van der Waals surface area contributed by atoms with Crippen molar-refractivity contribution in [2.75, 3.05) is 23.8 Å². The van der Waals surface area contributed by atoms with E-state index in [1.165, 1.54) is 23.5 Å². The van der Waals surface area contributed by atoms with Gasteiger partial charge in [-0.3, -0.25) is 10.1 Å². The first-order chi connectivity index (χ1) is 19.7. The van der Waals surface area contributed by atoms with E-state index in [1.807, 2.05) is 5.38 Å². The predicted molar refractivity (Wildman–Crippen MR) is 173 cm³/mol. The molecule has 0 aliphatic rings. The highest BCUT2D eigenvalue weighted by molar-refractivity contribution is 8.93. The van der Waals surface area contributed by atoms with Crippen molar-refractivity contribution in [1.82, 2.24) is 4.98 Å². The zero-order valence-electron chi connectivity index (χ0n) is 22.6. The summed E-state index contributed by atoms with van der Waals surface area (Å²) >= 11 is 6.10. The lowest BCUT2D eigenvalue weighted by Gasteiger charge is -2.05. The molecule has 4 aromatic rings. The fraction of sp³-hybridized carbons (Fsp3) is 0.143. The molecule has 14 heteroatoms. The molecule has 1 heterocycles. The summed E-state index contributed by atoms with van der Waals surface area (Å²) < 4.78 is 9.79. The highest BCUT2D eigenvalue weighted by Gasteiger charge is 2.10. The van der Waals surface area contributed by atoms with Gasteiger partial charge in [-0.15, -0.1) is 28.3 Å². The number of aromatic nitrogens is 1. The minimum Gasteiger partial charge on any atom is -0.462 e. The summed E-state index contributed by atoms with van der Waals surface area (Å²) in [7, 11) is 0. The van der Waals surface area contributed by atoms with Gasteiger partial charge in [-0.2, -0.15) is 0 Å². The molecule has 0 aliphatic heterocycles. The van der Waals surface area contributed by atoms with Crippen molar-refractivity contribution in [2.45, 2.75) is 13.8 Å². The van der Waals surface area contributed by atoms with Crippen molar-refractivity contribution in [3.8, 4) is 11.3 Å². The summed E-state index contributed by atoms with van der Waals surface area (Å²) in [6.07, 6.45) is 0. The Morgan fingerprint density at radius 1 is 0.905 bits per heavy atom. The molecule has 0 radical (unpaired) electrons. The fourth-order valence-corrected chi connectivity index (χ4v) is 4.15. The minimum absolute atomic E-state index is 0. The Morgan fingerprint density at radius 3 is 1.86 bits per heavy atom. The van der Waals surface area contributed by atoms with Gasteiger partial charge in [0.2, 0.25) is 0 Å². The van der Waals surface area contributed by atoms with Crippen LogP contribution in [0.5, 0.6) is 0 Å². The van der Waals surface area contributed by atoms with E-state index in [-0.39, 0.29) is 39.7 Å². The minimum atomic E-state index is -0.433. The van der Waals surface area contributed by atoms with Crippen molar-refractivity contribution in [1.29, 1.82) is 0 Å². The van der Waals surface area contributed by atoms with Crippen molar-refractivity contribution in [2.24, 2.45) is 5.73 Å². The zero-order valence-corrected chi connectivity index (χ0v) is 25.9. The number of nitrogens with two attached hydrogens (primary N) is 1. The normalized spacial score (nSPS) is 9.76. The van der Waals surface area contributed by atoms with Gasteiger partial charge in [-0.25, -0.2) is 14.6 Å². The summed E-state index contributed by atoms with van der Waals surface area (Å²) in [5.74, 6) is -0.687. The summed E-state index contributed by atoms with van der Waals surface area (Å²) in [6, 6.07) is 19.9. The first kappa shape index (κ1) is 33.8. The van der Waals surface area contributed by atoms with E-state index in [0.29, 0.717) is 29.5 Å². The van der Waals surface area contributed by atoms with Gasteiger partial charge in [0.25, 0.3) is 5.69 Å². The van der Waals surface area contributed by atoms with Crippen LogP contribution in [0, 0.1) is 10.1 Å². The zero-order chi connectivity index (χ0) is 29.8. The van der Waals surface area contributed by atoms with E-state index < -0.39 is 4.92 Å². The number of non-ortho nitro benzene ring substituents is 1. The Hall–Kier alpha value is -4.40. The summed E-state index contributed by atoms with van der Waals surface area (Å²) in [4.78, 5) is 37.7. The smallest absolute Gasteiger partial charge is 0.338 e. The third-order valence-electron chi connectivity index (χ3n) is 5.19. The summed E-state index contributed by atoms with van der Waals surface area (Å²) in [6.45, 7) is 4.23. The van der Waals surface area contributed by atoms with E-state index in [4.69, 9.17) is 15.2 Å². The van der Waals surface area contributed by atoms with Gasteiger partial charge < -0.3 is 25.8 Å². The fourth-order valence-electron chi connectivity index (χ4n) is 3.29. The van der Waals surface area contributed by atoms with Gasteiger partial charge in [0.1, 0.15) is 0 Å². The Kier molecular flexibility index (Phi) is 13.5. The molecule has 4 rings (SSSR count). The largest absolute Gasteiger partial charge is 0.462 e. The Balaban J connectivity index is 0.000000330. The van der Waals surface area contributed by atoms with Crippen molar-refractivity contribution in [3.05, 3.63) is 99.4 Å². The molecule has 1 aromatic heterocycles. The van der Waals surface area contributed by atoms with E-state index in [2.05, 4.69) is 27.8 Å². The van der Waals surface area contributed by atoms with Gasteiger partial charge in [0.15, 0.2) is 10.2 Å². The van der Waals surface area contributed by atoms with Gasteiger partial charge in [-0.05, 0) is 86.7 Å². The van der Waals surface area contributed by atoms with Crippen LogP contribution in [0.1, 0.15) is 34.6 Å². The van der Waals surface area contributed by atoms with Crippen LogP contribution in [0.15, 0.2) is 78.2 Å². The molecule has 220 valence electrons. The lowest BCUT2D eigenvalue weighted by molar-refractivity contribution is -0.384. The average Bonchev–Trinajstić information content (AvgIpc) is 3.42. The number of halogens is 1. The maximum atomic E-state index is 11.6. The number of nitrogens with one attached hydrogen (secondary N) is 2. The number of esters is 2. The molecular formula is C28H28BrN5O6S2. The lowest BCUT2D eigenvalue weighted by Crippen LogP contribution is -2.18. The highest BCUT2D eigenvalue weighted by Crippen LogP contribution is 2.28. The molecule has 0 amide bonds. The number of nitro benzene ring substituents is 1. The van der Waals surface area contributed by atoms with Crippen LogP contribution >= 0.6 is 40.5 Å². The number of rotatable bonds is 9. The third kappa shape index (κ3) is 10.2. The van der Waals surface area contributed by atoms with Crippen LogP contribution in [-0.2, 0) is 9.47 Å². The topological polar surface area (TPSA) is 159 Å². The number of benzene rings is 3. The van der Waals surface area contributed by atoms with E-state index in [9.17, 15) is 19.7 Å². The molecule has 4 N–H and O–H groups in total. The second-order valence-electron chi connectivity index (χ2n) is 8.05. The Bertz CT molecular complexity index is 1500. The molecule has 0 unspecified atom stereocenters. The van der Waals surface area contributed by atoms with Gasteiger partial charge in [-0.1, -0.05) is 0 Å². The van der Waals surface area contributed by atoms with Crippen LogP contribution in [0.4, 0.5) is 22.2 Å². The highest BCUT2D eigenvalue weighted by atomic mass is 79.9. The molecule has 0 saturated heterocycles. The maximum absolute atomic E-state index is 11.6. The number of anilines is 3. The number of carbonyl (C=O) groups excluding carboxylic acids is 2. The second kappa shape index (κ2) is 16.8.